The fourth-order valence-corrected chi connectivity index (χ4v) is 9.39. The van der Waals surface area contributed by atoms with Gasteiger partial charge in [0, 0.05) is 20.0 Å². The summed E-state index contributed by atoms with van der Waals surface area (Å²) in [6.07, 6.45) is 4.51. The van der Waals surface area contributed by atoms with E-state index in [1.165, 1.54) is 19.9 Å². The number of likely N-dealkylation sites (N-methyl/N-ethyl adjacent to an activating group) is 1. The maximum atomic E-state index is 14.6. The average molecular weight is 1160 g/mol. The molecule has 16 N–H and O–H groups in total. The first-order valence-electron chi connectivity index (χ1n) is 28.1. The number of carbonyl (C=O) groups is 13. The molecule has 2 aliphatic heterocycles. The zero-order chi connectivity index (χ0) is 62.1. The molecule has 28 nitrogen and oxygen atoms in total. The van der Waals surface area contributed by atoms with Gasteiger partial charge in [-0.1, -0.05) is 91.2 Å². The molecule has 0 saturated carbocycles. The van der Waals surface area contributed by atoms with Crippen LogP contribution in [0.1, 0.15) is 152 Å². The molecular formula is C54H89N13O15. The molecule has 0 aliphatic carbocycles. The second-order valence-corrected chi connectivity index (χ2v) is 21.3. The molecule has 82 heavy (non-hydrogen) atoms. The molecule has 0 spiro atoms. The van der Waals surface area contributed by atoms with Crippen molar-refractivity contribution in [2.24, 2.45) is 29.0 Å². The molecule has 0 aromatic carbocycles. The molecule has 11 atom stereocenters. The van der Waals surface area contributed by atoms with Crippen LogP contribution in [-0.4, -0.2) is 171 Å². The van der Waals surface area contributed by atoms with Crippen molar-refractivity contribution in [1.82, 2.24) is 52.3 Å². The highest BCUT2D eigenvalue weighted by molar-refractivity contribution is 6.05. The zero-order valence-electron chi connectivity index (χ0n) is 48.7. The molecule has 2 saturated heterocycles. The Labute approximate surface area is 478 Å². The van der Waals surface area contributed by atoms with E-state index >= 15 is 0 Å². The van der Waals surface area contributed by atoms with Gasteiger partial charge in [-0.05, 0) is 65.2 Å². The third kappa shape index (κ3) is 22.1. The van der Waals surface area contributed by atoms with Crippen molar-refractivity contribution >= 4 is 76.8 Å². The first-order chi connectivity index (χ1) is 38.5. The number of nitrogens with one attached hydrogen (secondary N) is 8. The Balaban J connectivity index is 2.80. The van der Waals surface area contributed by atoms with Crippen LogP contribution in [0.25, 0.3) is 0 Å². The van der Waals surface area contributed by atoms with Crippen LogP contribution < -0.4 is 59.7 Å². The standard InChI is InChI=1S/C54H89N13O15/c1-10-13-14-15-16-17-18-19-21-29(6)42-44(72)52(80)63-41(28(4)5)51(79)60-33(12-3)46(74)61-34(23-24-38(55)69)48(76)59-32(11-2)47(75)62-35(26-39(56)70)49(77)58-30(7)45(73)65-43(31(8)68)54(82)66(9)37(27-40(57)71)53(81)67-25-20-22-36(67)50(78)64-42/h11-12,28-31,34-37,41-44,68,72H,10,13-27H2,1-9H3,(H2,55,69)(H2,56,70)(H2,57,71)(H,58,77)(H,59,76)(H,60,79)(H,61,74)(H,62,75)(H,63,80)(H,64,78)(H,65,73)/b32-11+,33-12+/t29-,30+,31+,34+,35+,36+,37+,41+,42-,43-,44-/m1/s1. The van der Waals surface area contributed by atoms with Gasteiger partial charge >= 0.3 is 0 Å². The summed E-state index contributed by atoms with van der Waals surface area (Å²) in [5.41, 5.74) is 15.4. The minimum Gasteiger partial charge on any atom is -0.391 e. The SMILES string of the molecule is C/C=C1/NC(=O)[C@H](CCC(N)=O)NC(=O)/C(=C\C)NC(=O)[C@H](C(C)C)NC(=O)[C@H](O)[C@@H]([C@H](C)CCCCCCCCCC)NC(=O)[C@@H]2CCCN2C(=O)[C@H](CC(N)=O)N(C)C(=O)[C@@H]([C@H](C)O)NC(=O)[C@H](C)NC(=O)[C@H](CC(N)=O)NC1=O. The molecule has 0 aromatic rings. The fraction of sp³-hybridized carbons (Fsp3) is 0.685. The predicted octanol–water partition coefficient (Wildman–Crippen LogP) is -2.63. The van der Waals surface area contributed by atoms with Crippen LogP contribution in [0, 0.1) is 11.8 Å². The molecule has 2 rings (SSSR count). The summed E-state index contributed by atoms with van der Waals surface area (Å²) in [6.45, 7) is 11.8. The molecule has 28 heteroatoms. The van der Waals surface area contributed by atoms with Crippen LogP contribution in [0.3, 0.4) is 0 Å². The van der Waals surface area contributed by atoms with Crippen molar-refractivity contribution in [2.45, 2.75) is 212 Å². The second kappa shape index (κ2) is 34.7. The third-order valence-electron chi connectivity index (χ3n) is 14.3. The summed E-state index contributed by atoms with van der Waals surface area (Å²) in [5.74, 6) is -14.9. The molecule has 2 aliphatic rings. The van der Waals surface area contributed by atoms with Crippen molar-refractivity contribution in [3.63, 3.8) is 0 Å². The highest BCUT2D eigenvalue weighted by Crippen LogP contribution is 2.24. The average Bonchev–Trinajstić information content (AvgIpc) is 4.12. The molecule has 460 valence electrons. The summed E-state index contributed by atoms with van der Waals surface area (Å²) in [6, 6.07) is -12.7. The largest absolute Gasteiger partial charge is 0.391 e. The van der Waals surface area contributed by atoms with Crippen LogP contribution in [0.2, 0.25) is 0 Å². The Bertz CT molecular complexity index is 2380. The highest BCUT2D eigenvalue weighted by atomic mass is 16.3. The monoisotopic (exact) mass is 1160 g/mol. The number of aliphatic hydroxyl groups excluding tert-OH is 2. The molecule has 2 heterocycles. The number of primary amides is 3. The van der Waals surface area contributed by atoms with Crippen molar-refractivity contribution in [3.8, 4) is 0 Å². The van der Waals surface area contributed by atoms with E-state index < -0.39 is 186 Å². The summed E-state index contributed by atoms with van der Waals surface area (Å²) in [4.78, 5) is 179. The predicted molar refractivity (Wildman–Crippen MR) is 297 cm³/mol. The number of nitrogens with zero attached hydrogens (tertiary/aromatic N) is 2. The van der Waals surface area contributed by atoms with E-state index in [2.05, 4.69) is 49.5 Å². The van der Waals surface area contributed by atoms with Crippen molar-refractivity contribution in [2.75, 3.05) is 13.6 Å². The van der Waals surface area contributed by atoms with Gasteiger partial charge in [-0.25, -0.2) is 0 Å². The number of hydrogen-bond acceptors (Lipinski definition) is 15. The number of allylic oxidation sites excluding steroid dienone is 2. The number of aliphatic hydroxyl groups is 2. The smallest absolute Gasteiger partial charge is 0.268 e. The first-order valence-corrected chi connectivity index (χ1v) is 28.1. The van der Waals surface area contributed by atoms with Gasteiger partial charge in [0.15, 0.2) is 6.10 Å². The maximum absolute atomic E-state index is 14.6. The molecule has 0 bridgehead atoms. The van der Waals surface area contributed by atoms with Gasteiger partial charge in [-0.3, -0.25) is 62.3 Å². The van der Waals surface area contributed by atoms with Crippen LogP contribution in [0.15, 0.2) is 23.5 Å². The lowest BCUT2D eigenvalue weighted by molar-refractivity contribution is -0.151. The maximum Gasteiger partial charge on any atom is 0.268 e. The van der Waals surface area contributed by atoms with Crippen LogP contribution in [-0.2, 0) is 62.3 Å². The lowest BCUT2D eigenvalue weighted by atomic mass is 9.90. The lowest BCUT2D eigenvalue weighted by Gasteiger charge is -2.36. The number of hydrogen-bond donors (Lipinski definition) is 13. The Morgan fingerprint density at radius 2 is 1.17 bits per heavy atom. The van der Waals surface area contributed by atoms with E-state index in [1.807, 2.05) is 0 Å². The molecule has 0 radical (unpaired) electrons. The summed E-state index contributed by atoms with van der Waals surface area (Å²) in [5, 5.41) is 42.0. The minimum atomic E-state index is -2.01. The van der Waals surface area contributed by atoms with Crippen LogP contribution in [0.4, 0.5) is 0 Å². The number of fused-ring (bicyclic) bond motifs is 1. The van der Waals surface area contributed by atoms with Gasteiger partial charge in [-0.15, -0.1) is 0 Å². The van der Waals surface area contributed by atoms with Gasteiger partial charge in [0.25, 0.3) is 17.7 Å². The van der Waals surface area contributed by atoms with E-state index in [0.29, 0.717) is 12.8 Å². The van der Waals surface area contributed by atoms with Gasteiger partial charge < -0.3 is 79.7 Å². The minimum absolute atomic E-state index is 0.0589. The first kappa shape index (κ1) is 70.6. The summed E-state index contributed by atoms with van der Waals surface area (Å²) in [7, 11) is 1.10. The number of amides is 13. The van der Waals surface area contributed by atoms with Crippen molar-refractivity contribution in [3.05, 3.63) is 23.5 Å². The van der Waals surface area contributed by atoms with E-state index in [9.17, 15) is 72.5 Å². The van der Waals surface area contributed by atoms with E-state index in [4.69, 9.17) is 17.2 Å². The van der Waals surface area contributed by atoms with Crippen molar-refractivity contribution in [1.29, 1.82) is 0 Å². The van der Waals surface area contributed by atoms with Crippen molar-refractivity contribution < 1.29 is 72.5 Å². The van der Waals surface area contributed by atoms with Gasteiger partial charge in [-0.2, -0.15) is 0 Å². The fourth-order valence-electron chi connectivity index (χ4n) is 9.39. The summed E-state index contributed by atoms with van der Waals surface area (Å²) < 4.78 is 0. The Morgan fingerprint density at radius 1 is 0.634 bits per heavy atom. The number of carbonyl (C=O) groups excluding carboxylic acids is 13. The van der Waals surface area contributed by atoms with E-state index in [-0.39, 0.29) is 19.4 Å². The second-order valence-electron chi connectivity index (χ2n) is 21.3. The zero-order valence-corrected chi connectivity index (χ0v) is 48.7. The molecular weight excluding hydrogens is 1070 g/mol. The normalized spacial score (nSPS) is 26.7. The van der Waals surface area contributed by atoms with Gasteiger partial charge in [0.1, 0.15) is 53.7 Å². The molecule has 0 unspecified atom stereocenters. The van der Waals surface area contributed by atoms with Gasteiger partial charge in [0.2, 0.25) is 59.1 Å². The molecule has 13 amide bonds. The summed E-state index contributed by atoms with van der Waals surface area (Å²) >= 11 is 0. The van der Waals surface area contributed by atoms with E-state index in [0.717, 1.165) is 81.7 Å². The Morgan fingerprint density at radius 3 is 1.70 bits per heavy atom. The topological polar surface area (TPSA) is 443 Å². The Hall–Kier alpha value is -7.49. The number of nitrogens with two attached hydrogens (primary N) is 3. The quantitative estimate of drug-likeness (QED) is 0.0465. The molecule has 0 aromatic heterocycles. The number of rotatable bonds is 19. The van der Waals surface area contributed by atoms with E-state index in [1.54, 1.807) is 20.8 Å². The van der Waals surface area contributed by atoms with Gasteiger partial charge in [0.05, 0.1) is 25.0 Å². The lowest BCUT2D eigenvalue weighted by Crippen LogP contribution is -2.62. The Kier molecular flexibility index (Phi) is 29.9. The molecule has 2 fully saturated rings. The highest BCUT2D eigenvalue weighted by Gasteiger charge is 2.44. The van der Waals surface area contributed by atoms with Crippen LogP contribution in [0.5, 0.6) is 0 Å². The number of unbranched alkanes of at least 4 members (excludes halogenated alkanes) is 7. The van der Waals surface area contributed by atoms with Crippen LogP contribution >= 0.6 is 0 Å². The third-order valence-corrected chi connectivity index (χ3v) is 14.3.